The van der Waals surface area contributed by atoms with Gasteiger partial charge in [0, 0.05) is 26.2 Å². The van der Waals surface area contributed by atoms with Crippen molar-refractivity contribution in [3.63, 3.8) is 0 Å². The summed E-state index contributed by atoms with van der Waals surface area (Å²) in [6.45, 7) is 1.91. The summed E-state index contributed by atoms with van der Waals surface area (Å²) in [5.41, 5.74) is 5.69. The monoisotopic (exact) mass is 290 g/mol. The fourth-order valence-electron chi connectivity index (χ4n) is 1.92. The second-order valence-electron chi connectivity index (χ2n) is 4.76. The molecule has 0 atom stereocenters. The summed E-state index contributed by atoms with van der Waals surface area (Å²) in [5, 5.41) is 0. The zero-order valence-corrected chi connectivity index (χ0v) is 11.2. The molecule has 0 amide bonds. The van der Waals surface area contributed by atoms with E-state index in [1.165, 1.54) is 6.07 Å². The Kier molecular flexibility index (Phi) is 4.22. The van der Waals surface area contributed by atoms with Crippen molar-refractivity contribution in [3.8, 4) is 5.88 Å². The van der Waals surface area contributed by atoms with Crippen molar-refractivity contribution in [2.24, 2.45) is 0 Å². The number of nitrogen functional groups attached to an aromatic ring is 1. The van der Waals surface area contributed by atoms with Crippen LogP contribution < -0.4 is 15.4 Å². The van der Waals surface area contributed by atoms with E-state index in [-0.39, 0.29) is 11.6 Å². The smallest absolute Gasteiger partial charge is 0.422 e. The number of rotatable bonds is 3. The lowest BCUT2D eigenvalue weighted by Crippen LogP contribution is -2.44. The van der Waals surface area contributed by atoms with Crippen LogP contribution in [0.2, 0.25) is 0 Å². The first-order chi connectivity index (χ1) is 9.35. The summed E-state index contributed by atoms with van der Waals surface area (Å²) in [4.78, 5) is 8.26. The van der Waals surface area contributed by atoms with Gasteiger partial charge in [0.2, 0.25) is 5.88 Å². The molecular weight excluding hydrogens is 273 g/mol. The van der Waals surface area contributed by atoms with Crippen molar-refractivity contribution < 1.29 is 17.9 Å². The average Bonchev–Trinajstić information content (AvgIpc) is 2.38. The lowest BCUT2D eigenvalue weighted by atomic mass is 10.3. The van der Waals surface area contributed by atoms with Crippen LogP contribution in [-0.2, 0) is 0 Å². The minimum atomic E-state index is -4.40. The average molecular weight is 290 g/mol. The summed E-state index contributed by atoms with van der Waals surface area (Å²) in [5.74, 6) is 0.420. The van der Waals surface area contributed by atoms with Gasteiger partial charge >= 0.3 is 6.18 Å². The molecule has 2 heterocycles. The molecule has 0 unspecified atom stereocenters. The minimum Gasteiger partial charge on any atom is -0.466 e. The number of nitrogens with two attached hydrogens (primary N) is 1. The van der Waals surface area contributed by atoms with Gasteiger partial charge in [0.05, 0.1) is 5.69 Å². The first kappa shape index (κ1) is 14.7. The van der Waals surface area contributed by atoms with Crippen LogP contribution in [0.5, 0.6) is 5.88 Å². The van der Waals surface area contributed by atoms with Crippen LogP contribution in [0.25, 0.3) is 0 Å². The molecule has 1 saturated heterocycles. The number of piperazine rings is 1. The van der Waals surface area contributed by atoms with Crippen molar-refractivity contribution in [2.45, 2.75) is 6.18 Å². The van der Waals surface area contributed by atoms with Gasteiger partial charge in [-0.25, -0.2) is 0 Å². The third-order valence-corrected chi connectivity index (χ3v) is 3.07. The third kappa shape index (κ3) is 3.89. The Morgan fingerprint density at radius 2 is 1.90 bits per heavy atom. The maximum absolute atomic E-state index is 12.2. The Bertz CT molecular complexity index is 459. The molecule has 1 aromatic heterocycles. The molecule has 2 rings (SSSR count). The number of aromatic nitrogens is 1. The van der Waals surface area contributed by atoms with Gasteiger partial charge in [0.15, 0.2) is 6.61 Å². The highest BCUT2D eigenvalue weighted by atomic mass is 19.4. The third-order valence-electron chi connectivity index (χ3n) is 3.07. The van der Waals surface area contributed by atoms with Gasteiger partial charge in [-0.2, -0.15) is 18.2 Å². The topological polar surface area (TPSA) is 54.6 Å². The van der Waals surface area contributed by atoms with E-state index >= 15 is 0 Å². The molecule has 20 heavy (non-hydrogen) atoms. The number of likely N-dealkylation sites (N-methyl/N-ethyl adjacent to an activating group) is 1. The Morgan fingerprint density at radius 1 is 1.25 bits per heavy atom. The fraction of sp³-hybridized carbons (Fsp3) is 0.583. The van der Waals surface area contributed by atoms with Crippen LogP contribution >= 0.6 is 0 Å². The molecule has 8 heteroatoms. The van der Waals surface area contributed by atoms with E-state index in [1.807, 2.05) is 11.9 Å². The normalized spacial score (nSPS) is 17.3. The Balaban J connectivity index is 2.08. The van der Waals surface area contributed by atoms with Gasteiger partial charge in [0.25, 0.3) is 0 Å². The van der Waals surface area contributed by atoms with Crippen LogP contribution in [-0.4, -0.2) is 55.9 Å². The predicted molar refractivity (Wildman–Crippen MR) is 69.9 cm³/mol. The van der Waals surface area contributed by atoms with Crippen LogP contribution in [0.15, 0.2) is 12.1 Å². The lowest BCUT2D eigenvalue weighted by molar-refractivity contribution is -0.153. The van der Waals surface area contributed by atoms with E-state index in [9.17, 15) is 13.2 Å². The maximum atomic E-state index is 12.2. The van der Waals surface area contributed by atoms with Crippen LogP contribution in [0, 0.1) is 0 Å². The Morgan fingerprint density at radius 3 is 2.50 bits per heavy atom. The number of halogens is 3. The number of hydrogen-bond donors (Lipinski definition) is 1. The van der Waals surface area contributed by atoms with Gasteiger partial charge in [-0.05, 0) is 19.2 Å². The summed E-state index contributed by atoms with van der Waals surface area (Å²) in [6.07, 6.45) is -4.40. The second-order valence-corrected chi connectivity index (χ2v) is 4.76. The molecule has 0 aliphatic carbocycles. The molecule has 5 nitrogen and oxygen atoms in total. The number of hydrogen-bond acceptors (Lipinski definition) is 5. The van der Waals surface area contributed by atoms with Crippen molar-refractivity contribution in [3.05, 3.63) is 12.1 Å². The maximum Gasteiger partial charge on any atom is 0.422 e. The van der Waals surface area contributed by atoms with E-state index in [0.29, 0.717) is 5.82 Å². The van der Waals surface area contributed by atoms with Crippen molar-refractivity contribution in [2.75, 3.05) is 50.5 Å². The second kappa shape index (κ2) is 5.74. The number of pyridine rings is 1. The number of nitrogens with zero attached hydrogens (tertiary/aromatic N) is 3. The number of alkyl halides is 3. The number of anilines is 2. The predicted octanol–water partition coefficient (Wildman–Crippen LogP) is 1.36. The van der Waals surface area contributed by atoms with Crippen LogP contribution in [0.1, 0.15) is 0 Å². The van der Waals surface area contributed by atoms with Crippen LogP contribution in [0.4, 0.5) is 24.7 Å². The quantitative estimate of drug-likeness (QED) is 0.911. The highest BCUT2D eigenvalue weighted by molar-refractivity contribution is 5.54. The van der Waals surface area contributed by atoms with E-state index in [2.05, 4.69) is 14.6 Å². The SMILES string of the molecule is CN1CCN(c2ccc(N)c(OCC(F)(F)F)n2)CC1. The highest BCUT2D eigenvalue weighted by Gasteiger charge is 2.29. The molecule has 0 radical (unpaired) electrons. The summed E-state index contributed by atoms with van der Waals surface area (Å²) in [7, 11) is 2.02. The van der Waals surface area contributed by atoms with Crippen molar-refractivity contribution >= 4 is 11.5 Å². The lowest BCUT2D eigenvalue weighted by Gasteiger charge is -2.33. The molecule has 1 aliphatic rings. The molecule has 1 aromatic rings. The van der Waals surface area contributed by atoms with Crippen molar-refractivity contribution in [1.82, 2.24) is 9.88 Å². The van der Waals surface area contributed by atoms with Crippen molar-refractivity contribution in [1.29, 1.82) is 0 Å². The Labute approximate surface area is 115 Å². The molecule has 2 N–H and O–H groups in total. The zero-order chi connectivity index (χ0) is 14.8. The zero-order valence-electron chi connectivity index (χ0n) is 11.2. The molecule has 112 valence electrons. The van der Waals surface area contributed by atoms with Gasteiger partial charge in [0.1, 0.15) is 5.82 Å². The van der Waals surface area contributed by atoms with Gasteiger partial charge in [-0.3, -0.25) is 0 Å². The largest absolute Gasteiger partial charge is 0.466 e. The van der Waals surface area contributed by atoms with E-state index in [1.54, 1.807) is 6.07 Å². The van der Waals surface area contributed by atoms with Gasteiger partial charge in [-0.1, -0.05) is 0 Å². The van der Waals surface area contributed by atoms with E-state index in [0.717, 1.165) is 26.2 Å². The molecule has 1 fully saturated rings. The molecule has 1 aliphatic heterocycles. The minimum absolute atomic E-state index is 0.104. The summed E-state index contributed by atoms with van der Waals surface area (Å²) in [6, 6.07) is 3.22. The summed E-state index contributed by atoms with van der Waals surface area (Å²) >= 11 is 0. The first-order valence-corrected chi connectivity index (χ1v) is 6.25. The fourth-order valence-corrected chi connectivity index (χ4v) is 1.92. The standard InChI is InChI=1S/C12H17F3N4O/c1-18-4-6-19(7-5-18)10-3-2-9(16)11(17-10)20-8-12(13,14)15/h2-3H,4-8,16H2,1H3. The van der Waals surface area contributed by atoms with E-state index in [4.69, 9.17) is 5.73 Å². The first-order valence-electron chi connectivity index (χ1n) is 6.25. The summed E-state index contributed by atoms with van der Waals surface area (Å²) < 4.78 is 41.1. The van der Waals surface area contributed by atoms with Gasteiger partial charge in [-0.15, -0.1) is 0 Å². The number of ether oxygens (including phenoxy) is 1. The van der Waals surface area contributed by atoms with Crippen LogP contribution in [0.3, 0.4) is 0 Å². The van der Waals surface area contributed by atoms with E-state index < -0.39 is 12.8 Å². The molecular formula is C12H17F3N4O. The molecule has 0 bridgehead atoms. The molecule has 0 aromatic carbocycles. The molecule has 0 saturated carbocycles. The highest BCUT2D eigenvalue weighted by Crippen LogP contribution is 2.25. The van der Waals surface area contributed by atoms with Gasteiger partial charge < -0.3 is 20.3 Å². The Hall–Kier alpha value is -1.70. The molecule has 0 spiro atoms.